The molecule has 0 aliphatic carbocycles. The van der Waals surface area contributed by atoms with Gasteiger partial charge in [0.25, 0.3) is 0 Å². The fourth-order valence-corrected chi connectivity index (χ4v) is 1.73. The second-order valence-corrected chi connectivity index (χ2v) is 3.65. The molecule has 5 heteroatoms. The zero-order valence-electron chi connectivity index (χ0n) is 8.11. The van der Waals surface area contributed by atoms with Crippen molar-refractivity contribution >= 4 is 29.2 Å². The normalized spacial score (nSPS) is 10.8. The topological polar surface area (TPSA) is 34.9 Å². The summed E-state index contributed by atoms with van der Waals surface area (Å²) in [5, 5.41) is 0. The SMILES string of the molecule is CCC(=O)c1ccc2c(c1)ncn2SF. The smallest absolute Gasteiger partial charge is 0.171 e. The van der Waals surface area contributed by atoms with Gasteiger partial charge in [-0.3, -0.25) is 4.79 Å². The number of fused-ring (bicyclic) bond motifs is 1. The highest BCUT2D eigenvalue weighted by Crippen LogP contribution is 2.20. The molecule has 2 aromatic rings. The van der Waals surface area contributed by atoms with Crippen LogP contribution in [-0.4, -0.2) is 14.7 Å². The monoisotopic (exact) mass is 224 g/mol. The van der Waals surface area contributed by atoms with E-state index in [-0.39, 0.29) is 18.1 Å². The van der Waals surface area contributed by atoms with E-state index in [0.29, 0.717) is 23.0 Å². The molecule has 2 rings (SSSR count). The molecule has 0 saturated carbocycles. The number of benzene rings is 1. The summed E-state index contributed by atoms with van der Waals surface area (Å²) in [5.74, 6) is 0.0688. The van der Waals surface area contributed by atoms with Crippen LogP contribution in [0.15, 0.2) is 24.5 Å². The highest BCUT2D eigenvalue weighted by Gasteiger charge is 2.07. The molecular formula is C10H9FN2OS. The quantitative estimate of drug-likeness (QED) is 0.752. The molecule has 0 aliphatic rings. The van der Waals surface area contributed by atoms with Crippen molar-refractivity contribution in [3.63, 3.8) is 0 Å². The van der Waals surface area contributed by atoms with E-state index >= 15 is 0 Å². The maximum atomic E-state index is 12.4. The number of carbonyl (C=O) groups is 1. The van der Waals surface area contributed by atoms with Crippen molar-refractivity contribution in [1.82, 2.24) is 8.96 Å². The number of Topliss-reactive ketones (excluding diaryl/α,β-unsaturated/α-hetero) is 1. The second-order valence-electron chi connectivity index (χ2n) is 3.12. The zero-order chi connectivity index (χ0) is 10.8. The number of carbonyl (C=O) groups excluding carboxylic acids is 1. The van der Waals surface area contributed by atoms with Gasteiger partial charge in [-0.2, -0.15) is 0 Å². The van der Waals surface area contributed by atoms with Crippen LogP contribution in [0.2, 0.25) is 0 Å². The van der Waals surface area contributed by atoms with Gasteiger partial charge < -0.3 is 0 Å². The molecular weight excluding hydrogens is 215 g/mol. The average molecular weight is 224 g/mol. The van der Waals surface area contributed by atoms with Crippen molar-refractivity contribution in [2.45, 2.75) is 13.3 Å². The lowest BCUT2D eigenvalue weighted by atomic mass is 10.1. The molecule has 0 bridgehead atoms. The first-order valence-corrected chi connectivity index (χ1v) is 5.23. The Morgan fingerprint density at radius 3 is 3.07 bits per heavy atom. The summed E-state index contributed by atoms with van der Waals surface area (Å²) in [6.45, 7) is 1.81. The van der Waals surface area contributed by atoms with E-state index in [1.165, 1.54) is 10.3 Å². The summed E-state index contributed by atoms with van der Waals surface area (Å²) in [5.41, 5.74) is 1.94. The molecule has 78 valence electrons. The maximum Gasteiger partial charge on any atom is 0.171 e. The van der Waals surface area contributed by atoms with Crippen molar-refractivity contribution in [2.24, 2.45) is 0 Å². The molecule has 15 heavy (non-hydrogen) atoms. The van der Waals surface area contributed by atoms with Gasteiger partial charge in [0.15, 0.2) is 18.1 Å². The Hall–Kier alpha value is -1.36. The third kappa shape index (κ3) is 1.74. The summed E-state index contributed by atoms with van der Waals surface area (Å²) in [6.07, 6.45) is 1.86. The molecule has 0 fully saturated rings. The van der Waals surface area contributed by atoms with E-state index in [2.05, 4.69) is 4.98 Å². The Bertz CT molecular complexity index is 509. The van der Waals surface area contributed by atoms with E-state index in [1.807, 2.05) is 6.92 Å². The number of aromatic nitrogens is 2. The van der Waals surface area contributed by atoms with Crippen molar-refractivity contribution in [1.29, 1.82) is 0 Å². The van der Waals surface area contributed by atoms with Crippen molar-refractivity contribution in [3.05, 3.63) is 30.1 Å². The minimum absolute atomic E-state index is 0.0688. The van der Waals surface area contributed by atoms with E-state index in [4.69, 9.17) is 0 Å². The van der Waals surface area contributed by atoms with Crippen molar-refractivity contribution in [3.8, 4) is 0 Å². The standard InChI is InChI=1S/C10H9FN2OS/c1-2-10(14)7-3-4-9-8(5-7)12-6-13(9)15-11/h3-6H,2H2,1H3. The number of rotatable bonds is 3. The molecule has 0 N–H and O–H groups in total. The summed E-state index contributed by atoms with van der Waals surface area (Å²) >= 11 is 0.0942. The Morgan fingerprint density at radius 1 is 1.60 bits per heavy atom. The summed E-state index contributed by atoms with van der Waals surface area (Å²) in [6, 6.07) is 5.09. The molecule has 3 nitrogen and oxygen atoms in total. The number of hydrogen-bond acceptors (Lipinski definition) is 3. The van der Waals surface area contributed by atoms with E-state index in [9.17, 15) is 8.68 Å². The van der Waals surface area contributed by atoms with E-state index in [0.717, 1.165) is 0 Å². The van der Waals surface area contributed by atoms with Crippen LogP contribution in [0.5, 0.6) is 0 Å². The molecule has 1 aromatic heterocycles. The van der Waals surface area contributed by atoms with Crippen LogP contribution >= 0.6 is 12.3 Å². The van der Waals surface area contributed by atoms with Gasteiger partial charge in [-0.1, -0.05) is 6.92 Å². The third-order valence-electron chi connectivity index (χ3n) is 2.23. The van der Waals surface area contributed by atoms with Gasteiger partial charge in [-0.05, 0) is 18.2 Å². The minimum atomic E-state index is 0.0688. The Kier molecular flexibility index (Phi) is 2.73. The summed E-state index contributed by atoms with van der Waals surface area (Å²) in [7, 11) is 0. The van der Waals surface area contributed by atoms with Crippen molar-refractivity contribution in [2.75, 3.05) is 0 Å². The average Bonchev–Trinajstić information content (AvgIpc) is 2.69. The lowest BCUT2D eigenvalue weighted by molar-refractivity contribution is 0.0988. The number of ketones is 1. The van der Waals surface area contributed by atoms with Gasteiger partial charge in [-0.15, -0.1) is 3.89 Å². The van der Waals surface area contributed by atoms with Gasteiger partial charge >= 0.3 is 0 Å². The van der Waals surface area contributed by atoms with Gasteiger partial charge in [-0.25, -0.2) is 8.96 Å². The predicted octanol–water partition coefficient (Wildman–Crippen LogP) is 3.01. The van der Waals surface area contributed by atoms with Crippen LogP contribution in [-0.2, 0) is 0 Å². The van der Waals surface area contributed by atoms with Crippen LogP contribution in [0.4, 0.5) is 3.89 Å². The van der Waals surface area contributed by atoms with E-state index < -0.39 is 0 Å². The Balaban J connectivity index is 2.53. The number of halogens is 1. The number of imidazole rings is 1. The molecule has 0 aliphatic heterocycles. The van der Waals surface area contributed by atoms with Gasteiger partial charge in [0, 0.05) is 12.0 Å². The zero-order valence-corrected chi connectivity index (χ0v) is 8.92. The summed E-state index contributed by atoms with van der Waals surface area (Å²) < 4.78 is 13.7. The van der Waals surface area contributed by atoms with Gasteiger partial charge in [0.05, 0.1) is 11.0 Å². The maximum absolute atomic E-state index is 12.4. The Morgan fingerprint density at radius 2 is 2.40 bits per heavy atom. The first kappa shape index (κ1) is 10.2. The fourth-order valence-electron chi connectivity index (χ4n) is 1.42. The second kappa shape index (κ2) is 4.02. The van der Waals surface area contributed by atoms with Crippen LogP contribution in [0.1, 0.15) is 23.7 Å². The molecule has 1 aromatic carbocycles. The minimum Gasteiger partial charge on any atom is -0.294 e. The Labute approximate surface area is 90.7 Å². The third-order valence-corrected chi connectivity index (χ3v) is 2.67. The predicted molar refractivity (Wildman–Crippen MR) is 58.5 cm³/mol. The number of nitrogens with zero attached hydrogens (tertiary/aromatic N) is 2. The van der Waals surface area contributed by atoms with Gasteiger partial charge in [0.2, 0.25) is 0 Å². The largest absolute Gasteiger partial charge is 0.294 e. The summed E-state index contributed by atoms with van der Waals surface area (Å²) in [4.78, 5) is 15.4. The first-order valence-electron chi connectivity index (χ1n) is 4.55. The highest BCUT2D eigenvalue weighted by molar-refractivity contribution is 7.92. The van der Waals surface area contributed by atoms with Crippen LogP contribution in [0, 0.1) is 0 Å². The van der Waals surface area contributed by atoms with E-state index in [1.54, 1.807) is 18.2 Å². The molecule has 0 radical (unpaired) electrons. The lowest BCUT2D eigenvalue weighted by Crippen LogP contribution is -1.95. The molecule has 0 amide bonds. The van der Waals surface area contributed by atoms with Crippen LogP contribution < -0.4 is 0 Å². The molecule has 0 spiro atoms. The van der Waals surface area contributed by atoms with Gasteiger partial charge in [0.1, 0.15) is 6.33 Å². The fraction of sp³-hybridized carbons (Fsp3) is 0.200. The molecule has 0 saturated heterocycles. The molecule has 1 heterocycles. The molecule has 0 unspecified atom stereocenters. The van der Waals surface area contributed by atoms with Crippen molar-refractivity contribution < 1.29 is 8.68 Å². The first-order chi connectivity index (χ1) is 7.26. The van der Waals surface area contributed by atoms with Crippen LogP contribution in [0.25, 0.3) is 11.0 Å². The lowest BCUT2D eigenvalue weighted by Gasteiger charge is -1.98. The van der Waals surface area contributed by atoms with Crippen LogP contribution in [0.3, 0.4) is 0 Å². The number of hydrogen-bond donors (Lipinski definition) is 0. The highest BCUT2D eigenvalue weighted by atomic mass is 32.2. The molecule has 0 atom stereocenters.